The number of rotatable bonds is 5. The maximum absolute atomic E-state index is 13.7. The topological polar surface area (TPSA) is 54.9 Å². The molecule has 1 aliphatic heterocycles. The lowest BCUT2D eigenvalue weighted by Gasteiger charge is -2.23. The fourth-order valence-electron chi connectivity index (χ4n) is 2.32. The smallest absolute Gasteiger partial charge is 0.191 e. The highest BCUT2D eigenvalue weighted by Crippen LogP contribution is 2.16. The van der Waals surface area contributed by atoms with Crippen molar-refractivity contribution in [1.29, 1.82) is 0 Å². The molecule has 0 aromatic heterocycles. The number of halogens is 1. The van der Waals surface area contributed by atoms with E-state index in [0.29, 0.717) is 37.9 Å². The number of nitrogens with one attached hydrogen (secondary N) is 2. The monoisotopic (exact) mass is 323 g/mol. The molecule has 23 heavy (non-hydrogen) atoms. The van der Waals surface area contributed by atoms with Crippen LogP contribution >= 0.6 is 0 Å². The van der Waals surface area contributed by atoms with Crippen LogP contribution in [0.3, 0.4) is 0 Å². The number of benzene rings is 1. The van der Waals surface area contributed by atoms with E-state index in [1.54, 1.807) is 19.1 Å². The molecule has 1 aromatic carbocycles. The lowest BCUT2D eigenvalue weighted by Crippen LogP contribution is -2.40. The third-order valence-electron chi connectivity index (χ3n) is 3.73. The van der Waals surface area contributed by atoms with Crippen LogP contribution < -0.4 is 10.6 Å². The van der Waals surface area contributed by atoms with Crippen LogP contribution in [-0.2, 0) is 9.47 Å². The fraction of sp³-hybridized carbons (Fsp3) is 0.588. The summed E-state index contributed by atoms with van der Waals surface area (Å²) in [5.74, 6) is 0.501. The molecule has 1 saturated heterocycles. The fourth-order valence-corrected chi connectivity index (χ4v) is 2.32. The number of aryl methyl sites for hydroxylation is 1. The summed E-state index contributed by atoms with van der Waals surface area (Å²) >= 11 is 0. The quantitative estimate of drug-likeness (QED) is 0.644. The van der Waals surface area contributed by atoms with Crippen molar-refractivity contribution in [3.63, 3.8) is 0 Å². The molecule has 5 nitrogen and oxygen atoms in total. The molecule has 2 atom stereocenters. The van der Waals surface area contributed by atoms with Gasteiger partial charge in [-0.2, -0.15) is 0 Å². The first kappa shape index (κ1) is 17.7. The van der Waals surface area contributed by atoms with Crippen molar-refractivity contribution in [1.82, 2.24) is 10.6 Å². The van der Waals surface area contributed by atoms with Gasteiger partial charge in [-0.3, -0.25) is 4.99 Å². The van der Waals surface area contributed by atoms with E-state index in [9.17, 15) is 4.39 Å². The first-order valence-electron chi connectivity index (χ1n) is 8.10. The molecule has 0 saturated carbocycles. The highest BCUT2D eigenvalue weighted by molar-refractivity contribution is 5.80. The van der Waals surface area contributed by atoms with Crippen LogP contribution in [0.2, 0.25) is 0 Å². The van der Waals surface area contributed by atoms with Crippen molar-refractivity contribution in [2.45, 2.75) is 32.9 Å². The second-order valence-electron chi connectivity index (χ2n) is 5.66. The minimum atomic E-state index is -0.189. The van der Waals surface area contributed by atoms with Crippen molar-refractivity contribution in [3.8, 4) is 0 Å². The Labute approximate surface area is 137 Å². The van der Waals surface area contributed by atoms with Crippen LogP contribution in [0.25, 0.3) is 0 Å². The zero-order valence-electron chi connectivity index (χ0n) is 14.1. The second kappa shape index (κ2) is 8.84. The van der Waals surface area contributed by atoms with Gasteiger partial charge in [-0.1, -0.05) is 12.1 Å². The Morgan fingerprint density at radius 1 is 1.43 bits per heavy atom. The molecule has 1 aromatic rings. The van der Waals surface area contributed by atoms with E-state index in [1.165, 1.54) is 0 Å². The molecule has 1 heterocycles. The summed E-state index contributed by atoms with van der Waals surface area (Å²) in [6.45, 7) is 8.87. The van der Waals surface area contributed by atoms with E-state index in [0.717, 1.165) is 12.1 Å². The van der Waals surface area contributed by atoms with Gasteiger partial charge in [-0.05, 0) is 38.0 Å². The van der Waals surface area contributed by atoms with Gasteiger partial charge in [0.1, 0.15) is 11.9 Å². The highest BCUT2D eigenvalue weighted by Gasteiger charge is 2.15. The number of ether oxygens (including phenoxy) is 2. The van der Waals surface area contributed by atoms with Gasteiger partial charge in [-0.25, -0.2) is 4.39 Å². The Hall–Kier alpha value is -1.66. The summed E-state index contributed by atoms with van der Waals surface area (Å²) in [6, 6.07) is 5.23. The molecule has 128 valence electrons. The molecular formula is C17H26FN3O2. The molecule has 0 spiro atoms. The van der Waals surface area contributed by atoms with Crippen LogP contribution in [0.1, 0.15) is 31.0 Å². The van der Waals surface area contributed by atoms with Gasteiger partial charge >= 0.3 is 0 Å². The molecule has 0 aliphatic carbocycles. The zero-order valence-corrected chi connectivity index (χ0v) is 14.1. The molecule has 0 bridgehead atoms. The lowest BCUT2D eigenvalue weighted by atomic mass is 10.1. The number of nitrogens with zero attached hydrogens (tertiary/aromatic N) is 1. The lowest BCUT2D eigenvalue weighted by molar-refractivity contribution is -0.0832. The Bertz CT molecular complexity index is 531. The summed E-state index contributed by atoms with van der Waals surface area (Å²) in [7, 11) is 0. The van der Waals surface area contributed by atoms with Gasteiger partial charge < -0.3 is 20.1 Å². The molecule has 2 rings (SSSR count). The molecule has 2 unspecified atom stereocenters. The third kappa shape index (κ3) is 5.48. The maximum Gasteiger partial charge on any atom is 0.191 e. The number of hydrogen-bond donors (Lipinski definition) is 2. The van der Waals surface area contributed by atoms with Crippen LogP contribution in [0, 0.1) is 12.7 Å². The van der Waals surface area contributed by atoms with Gasteiger partial charge in [0.15, 0.2) is 5.96 Å². The second-order valence-corrected chi connectivity index (χ2v) is 5.66. The van der Waals surface area contributed by atoms with Gasteiger partial charge in [0.25, 0.3) is 0 Å². The van der Waals surface area contributed by atoms with Gasteiger partial charge in [0.2, 0.25) is 0 Å². The molecule has 0 amide bonds. The van der Waals surface area contributed by atoms with Crippen molar-refractivity contribution in [2.24, 2.45) is 4.99 Å². The van der Waals surface area contributed by atoms with E-state index in [2.05, 4.69) is 15.6 Å². The first-order valence-corrected chi connectivity index (χ1v) is 8.10. The zero-order chi connectivity index (χ0) is 16.7. The Balaban J connectivity index is 1.97. The summed E-state index contributed by atoms with van der Waals surface area (Å²) in [6.07, 6.45) is -0.00803. The van der Waals surface area contributed by atoms with Crippen molar-refractivity contribution in [3.05, 3.63) is 35.1 Å². The standard InChI is InChI=1S/C17H26FN3O2/c1-4-19-17(20-10-15-11-22-7-8-23-15)21-13(3)14-6-5-12(2)16(18)9-14/h5-6,9,13,15H,4,7-8,10-11H2,1-3H3,(H2,19,20,21). The molecule has 2 N–H and O–H groups in total. The van der Waals surface area contributed by atoms with Crippen LogP contribution in [-0.4, -0.2) is 45.0 Å². The SMILES string of the molecule is CCNC(=NCC1COCCO1)NC(C)c1ccc(C)c(F)c1. The van der Waals surface area contributed by atoms with Crippen LogP contribution in [0.5, 0.6) is 0 Å². The summed E-state index contributed by atoms with van der Waals surface area (Å²) < 4.78 is 24.7. The van der Waals surface area contributed by atoms with Gasteiger partial charge in [0.05, 0.1) is 32.4 Å². The average molecular weight is 323 g/mol. The number of hydrogen-bond acceptors (Lipinski definition) is 3. The minimum absolute atomic E-state index is 0.00803. The molecule has 1 aliphatic rings. The summed E-state index contributed by atoms with van der Waals surface area (Å²) in [4.78, 5) is 4.54. The largest absolute Gasteiger partial charge is 0.376 e. The van der Waals surface area contributed by atoms with E-state index in [4.69, 9.17) is 9.47 Å². The molecular weight excluding hydrogens is 297 g/mol. The van der Waals surface area contributed by atoms with Crippen molar-refractivity contribution in [2.75, 3.05) is 32.9 Å². The van der Waals surface area contributed by atoms with E-state index >= 15 is 0 Å². The first-order chi connectivity index (χ1) is 11.1. The molecule has 1 fully saturated rings. The summed E-state index contributed by atoms with van der Waals surface area (Å²) in [5.41, 5.74) is 1.53. The number of aliphatic imine (C=N–C) groups is 1. The van der Waals surface area contributed by atoms with Gasteiger partial charge in [0, 0.05) is 6.54 Å². The normalized spacial score (nSPS) is 20.2. The number of guanidine groups is 1. The van der Waals surface area contributed by atoms with Crippen molar-refractivity contribution < 1.29 is 13.9 Å². The third-order valence-corrected chi connectivity index (χ3v) is 3.73. The predicted molar refractivity (Wildman–Crippen MR) is 89.2 cm³/mol. The Morgan fingerprint density at radius 3 is 2.91 bits per heavy atom. The Kier molecular flexibility index (Phi) is 6.80. The Morgan fingerprint density at radius 2 is 2.26 bits per heavy atom. The molecule has 0 radical (unpaired) electrons. The van der Waals surface area contributed by atoms with E-state index in [1.807, 2.05) is 19.9 Å². The van der Waals surface area contributed by atoms with E-state index < -0.39 is 0 Å². The maximum atomic E-state index is 13.7. The van der Waals surface area contributed by atoms with Crippen LogP contribution in [0.15, 0.2) is 23.2 Å². The minimum Gasteiger partial charge on any atom is -0.376 e. The van der Waals surface area contributed by atoms with Crippen molar-refractivity contribution >= 4 is 5.96 Å². The van der Waals surface area contributed by atoms with E-state index in [-0.39, 0.29) is 18.0 Å². The summed E-state index contributed by atoms with van der Waals surface area (Å²) in [5, 5.41) is 6.49. The predicted octanol–water partition coefficient (Wildman–Crippen LogP) is 2.17. The molecule has 6 heteroatoms. The van der Waals surface area contributed by atoms with Crippen LogP contribution in [0.4, 0.5) is 4.39 Å². The average Bonchev–Trinajstić information content (AvgIpc) is 2.56. The van der Waals surface area contributed by atoms with Gasteiger partial charge in [-0.15, -0.1) is 0 Å². The highest BCUT2D eigenvalue weighted by atomic mass is 19.1.